The Morgan fingerprint density at radius 3 is 2.71 bits per heavy atom. The molecule has 35 heavy (non-hydrogen) atoms. The molecule has 180 valence electrons. The lowest BCUT2D eigenvalue weighted by Gasteiger charge is -2.42. The average molecular weight is 509 g/mol. The number of aromatic nitrogens is 5. The van der Waals surface area contributed by atoms with Crippen LogP contribution in [0.3, 0.4) is 0 Å². The molecule has 3 aromatic heterocycles. The number of benzene rings is 1. The molecule has 1 aliphatic carbocycles. The summed E-state index contributed by atoms with van der Waals surface area (Å²) in [6.07, 6.45) is 4.30. The molecule has 4 heterocycles. The summed E-state index contributed by atoms with van der Waals surface area (Å²) >= 11 is 7.67. The van der Waals surface area contributed by atoms with Crippen LogP contribution in [-0.2, 0) is 13.5 Å². The molecular formula is C24H25ClN8OS. The van der Waals surface area contributed by atoms with Crippen LogP contribution in [-0.4, -0.2) is 37.2 Å². The van der Waals surface area contributed by atoms with Gasteiger partial charge in [0.25, 0.3) is 5.56 Å². The molecular weight excluding hydrogens is 484 g/mol. The Morgan fingerprint density at radius 1 is 1.17 bits per heavy atom. The summed E-state index contributed by atoms with van der Waals surface area (Å²) < 4.78 is 3.09. The zero-order valence-corrected chi connectivity index (χ0v) is 20.8. The molecule has 9 nitrogen and oxygen atoms in total. The molecule has 4 N–H and O–H groups in total. The van der Waals surface area contributed by atoms with Gasteiger partial charge in [-0.15, -0.1) is 0 Å². The van der Waals surface area contributed by atoms with Gasteiger partial charge >= 0.3 is 0 Å². The van der Waals surface area contributed by atoms with Gasteiger partial charge in [0.05, 0.1) is 4.90 Å². The van der Waals surface area contributed by atoms with Gasteiger partial charge in [-0.3, -0.25) is 9.36 Å². The minimum absolute atomic E-state index is 0.0357. The number of anilines is 2. The van der Waals surface area contributed by atoms with E-state index < -0.39 is 0 Å². The summed E-state index contributed by atoms with van der Waals surface area (Å²) in [5.74, 6) is 0.765. The van der Waals surface area contributed by atoms with Crippen LogP contribution in [0.4, 0.5) is 11.8 Å². The van der Waals surface area contributed by atoms with Gasteiger partial charge in [0.2, 0.25) is 5.95 Å². The Hall–Kier alpha value is -3.08. The van der Waals surface area contributed by atoms with E-state index >= 15 is 0 Å². The van der Waals surface area contributed by atoms with Crippen molar-refractivity contribution in [1.29, 1.82) is 0 Å². The molecule has 1 aromatic carbocycles. The number of hydrogen-bond acceptors (Lipinski definition) is 8. The Balaban J connectivity index is 1.25. The molecule has 0 bridgehead atoms. The normalized spacial score (nSPS) is 18.9. The average Bonchev–Trinajstić information content (AvgIpc) is 3.45. The Kier molecular flexibility index (Phi) is 5.28. The zero-order chi connectivity index (χ0) is 24.3. The van der Waals surface area contributed by atoms with Crippen LogP contribution >= 0.6 is 23.4 Å². The summed E-state index contributed by atoms with van der Waals surface area (Å²) in [4.78, 5) is 25.2. The Labute approximate surface area is 211 Å². The lowest BCUT2D eigenvalue weighted by molar-refractivity contribution is 0.186. The van der Waals surface area contributed by atoms with Crippen molar-refractivity contribution < 1.29 is 0 Å². The van der Waals surface area contributed by atoms with E-state index in [2.05, 4.69) is 44.2 Å². The first kappa shape index (κ1) is 22.4. The molecule has 4 aromatic rings. The minimum Gasteiger partial charge on any atom is -0.382 e. The number of nitrogens with zero attached hydrogens (tertiary/aromatic N) is 6. The van der Waals surface area contributed by atoms with Crippen LogP contribution in [0.25, 0.3) is 5.65 Å². The fraction of sp³-hybridized carbons (Fsp3) is 0.333. The molecule has 6 rings (SSSR count). The maximum atomic E-state index is 13.3. The fourth-order valence-corrected chi connectivity index (χ4v) is 6.66. The largest absolute Gasteiger partial charge is 0.382 e. The molecule has 0 unspecified atom stereocenters. The molecule has 0 radical (unpaired) electrons. The minimum atomic E-state index is -0.211. The number of halogens is 1. The first-order chi connectivity index (χ1) is 16.9. The van der Waals surface area contributed by atoms with Gasteiger partial charge in [0.1, 0.15) is 22.2 Å². The Morgan fingerprint density at radius 2 is 1.94 bits per heavy atom. The van der Waals surface area contributed by atoms with E-state index in [-0.39, 0.29) is 22.8 Å². The molecule has 2 aliphatic rings. The van der Waals surface area contributed by atoms with Gasteiger partial charge in [-0.1, -0.05) is 47.6 Å². The quantitative estimate of drug-likeness (QED) is 0.405. The molecule has 1 saturated heterocycles. The summed E-state index contributed by atoms with van der Waals surface area (Å²) in [6.45, 7) is 1.53. The van der Waals surface area contributed by atoms with Crippen molar-refractivity contribution in [2.45, 2.75) is 35.1 Å². The van der Waals surface area contributed by atoms with Crippen LogP contribution < -0.4 is 21.9 Å². The van der Waals surface area contributed by atoms with Crippen LogP contribution in [0.5, 0.6) is 0 Å². The van der Waals surface area contributed by atoms with E-state index in [1.165, 1.54) is 33.7 Å². The van der Waals surface area contributed by atoms with Gasteiger partial charge in [-0.2, -0.15) is 10.1 Å². The number of hydrogen-bond donors (Lipinski definition) is 2. The number of rotatable bonds is 3. The van der Waals surface area contributed by atoms with E-state index in [1.54, 1.807) is 23.7 Å². The molecule has 0 saturated carbocycles. The molecule has 1 atom stereocenters. The summed E-state index contributed by atoms with van der Waals surface area (Å²) in [5.41, 5.74) is 16.1. The third-order valence-electron chi connectivity index (χ3n) is 7.45. The number of nitrogens with two attached hydrogens (primary N) is 2. The maximum absolute atomic E-state index is 13.3. The highest BCUT2D eigenvalue weighted by Crippen LogP contribution is 2.51. The summed E-state index contributed by atoms with van der Waals surface area (Å²) in [7, 11) is 1.73. The lowest BCUT2D eigenvalue weighted by atomic mass is 9.73. The molecule has 1 spiro atoms. The van der Waals surface area contributed by atoms with Crippen LogP contribution in [0, 0.1) is 5.41 Å². The van der Waals surface area contributed by atoms with Gasteiger partial charge in [0, 0.05) is 26.2 Å². The van der Waals surface area contributed by atoms with Crippen LogP contribution in [0.15, 0.2) is 57.3 Å². The first-order valence-electron chi connectivity index (χ1n) is 11.5. The molecule has 11 heteroatoms. The van der Waals surface area contributed by atoms with Crippen molar-refractivity contribution in [2.75, 3.05) is 23.7 Å². The highest BCUT2D eigenvalue weighted by molar-refractivity contribution is 7.99. The maximum Gasteiger partial charge on any atom is 0.270 e. The zero-order valence-electron chi connectivity index (χ0n) is 19.2. The van der Waals surface area contributed by atoms with E-state index in [0.29, 0.717) is 26.5 Å². The lowest BCUT2D eigenvalue weighted by Crippen LogP contribution is -2.46. The van der Waals surface area contributed by atoms with E-state index in [1.807, 2.05) is 0 Å². The smallest absolute Gasteiger partial charge is 0.270 e. The second kappa shape index (κ2) is 8.25. The predicted octanol–water partition coefficient (Wildman–Crippen LogP) is 3.05. The van der Waals surface area contributed by atoms with Crippen LogP contribution in [0.2, 0.25) is 5.15 Å². The van der Waals surface area contributed by atoms with Gasteiger partial charge in [-0.05, 0) is 47.9 Å². The highest BCUT2D eigenvalue weighted by atomic mass is 35.5. The monoisotopic (exact) mass is 508 g/mol. The second-order valence-electron chi connectivity index (χ2n) is 9.31. The van der Waals surface area contributed by atoms with Gasteiger partial charge < -0.3 is 16.4 Å². The second-order valence-corrected chi connectivity index (χ2v) is 10.7. The number of nitrogen functional groups attached to an aromatic ring is 1. The third-order valence-corrected chi connectivity index (χ3v) is 9.06. The third kappa shape index (κ3) is 3.50. The molecule has 1 aliphatic heterocycles. The summed E-state index contributed by atoms with van der Waals surface area (Å²) in [5, 5.41) is 4.49. The van der Waals surface area contributed by atoms with Gasteiger partial charge in [0.15, 0.2) is 5.65 Å². The van der Waals surface area contributed by atoms with Crippen molar-refractivity contribution in [3.8, 4) is 0 Å². The number of fused-ring (bicyclic) bond motifs is 2. The summed E-state index contributed by atoms with van der Waals surface area (Å²) in [6, 6.07) is 12.1. The standard InChI is InChI=1S/C24H25ClN8OS/c1-31-22(34)18(35-16-6-7-17-28-13-29-33(17)20(16)25)21(27)30-23(31)32-10-8-24(9-11-32)12-14-4-2-3-5-15(14)19(24)26/h2-7,13,19H,8-12,26-27H2,1H3/t19-/m1/s1. The first-order valence-corrected chi connectivity index (χ1v) is 12.7. The van der Waals surface area contributed by atoms with Crippen LogP contribution in [0.1, 0.15) is 30.0 Å². The van der Waals surface area contributed by atoms with Gasteiger partial charge in [-0.25, -0.2) is 9.50 Å². The molecule has 1 fully saturated rings. The highest BCUT2D eigenvalue weighted by Gasteiger charge is 2.46. The van der Waals surface area contributed by atoms with E-state index in [0.717, 1.165) is 32.4 Å². The fourth-order valence-electron chi connectivity index (χ4n) is 5.45. The van der Waals surface area contributed by atoms with Crippen molar-refractivity contribution in [1.82, 2.24) is 24.1 Å². The predicted molar refractivity (Wildman–Crippen MR) is 137 cm³/mol. The molecule has 0 amide bonds. The van der Waals surface area contributed by atoms with E-state index in [9.17, 15) is 4.79 Å². The van der Waals surface area contributed by atoms with Crippen molar-refractivity contribution in [2.24, 2.45) is 18.2 Å². The van der Waals surface area contributed by atoms with Crippen molar-refractivity contribution in [3.63, 3.8) is 0 Å². The topological polar surface area (TPSA) is 120 Å². The van der Waals surface area contributed by atoms with Crippen molar-refractivity contribution in [3.05, 3.63) is 69.4 Å². The number of piperidine rings is 1. The Bertz CT molecular complexity index is 1510. The van der Waals surface area contributed by atoms with Crippen molar-refractivity contribution >= 4 is 40.8 Å². The SMILES string of the molecule is Cn1c(N2CCC3(CC2)Cc2ccccc2[C@H]3N)nc(N)c(Sc2ccc3ncnn3c2Cl)c1=O. The van der Waals surface area contributed by atoms with E-state index in [4.69, 9.17) is 23.1 Å². The number of pyridine rings is 1.